The number of fused-ring (bicyclic) bond motifs is 1. The molecule has 182 valence electrons. The summed E-state index contributed by atoms with van der Waals surface area (Å²) >= 11 is 1.57. The zero-order chi connectivity index (χ0) is 24.9. The summed E-state index contributed by atoms with van der Waals surface area (Å²) in [5, 5.41) is 3.65. The number of carbonyl (C=O) groups excluding carboxylic acids is 2. The van der Waals surface area contributed by atoms with E-state index in [2.05, 4.69) is 12.2 Å². The highest BCUT2D eigenvalue weighted by Crippen LogP contribution is 2.41. The Morgan fingerprint density at radius 3 is 2.49 bits per heavy atom. The maximum Gasteiger partial charge on any atom is 0.337 e. The SMILES string of the molecule is COC(=O)c1ccc(NC(=O)c2c(N=Cc3ccc(OC)c(OC)c3)sc3c2CC[C@H](C)C3)cc1. The molecule has 1 amide bonds. The first kappa shape index (κ1) is 24.5. The van der Waals surface area contributed by atoms with Crippen molar-refractivity contribution >= 4 is 40.1 Å². The van der Waals surface area contributed by atoms with Crippen molar-refractivity contribution in [1.29, 1.82) is 0 Å². The summed E-state index contributed by atoms with van der Waals surface area (Å²) in [7, 11) is 4.52. The van der Waals surface area contributed by atoms with Crippen LogP contribution >= 0.6 is 11.3 Å². The van der Waals surface area contributed by atoms with Crippen LogP contribution in [0, 0.1) is 5.92 Å². The molecule has 0 saturated carbocycles. The topological polar surface area (TPSA) is 86.2 Å². The summed E-state index contributed by atoms with van der Waals surface area (Å²) in [6.45, 7) is 2.23. The average Bonchev–Trinajstić information content (AvgIpc) is 3.24. The highest BCUT2D eigenvalue weighted by atomic mass is 32.1. The average molecular weight is 493 g/mol. The zero-order valence-corrected chi connectivity index (χ0v) is 21.0. The van der Waals surface area contributed by atoms with Crippen molar-refractivity contribution in [3.8, 4) is 11.5 Å². The second kappa shape index (κ2) is 10.7. The molecule has 8 heteroatoms. The molecule has 0 spiro atoms. The molecule has 35 heavy (non-hydrogen) atoms. The Kier molecular flexibility index (Phi) is 7.51. The molecule has 1 aliphatic carbocycles. The van der Waals surface area contributed by atoms with Gasteiger partial charge in [-0.2, -0.15) is 0 Å². The van der Waals surface area contributed by atoms with Crippen LogP contribution in [0.2, 0.25) is 0 Å². The van der Waals surface area contributed by atoms with Crippen LogP contribution in [0.25, 0.3) is 0 Å². The third-order valence-corrected chi connectivity index (χ3v) is 7.18. The Labute approximate surface area is 208 Å². The van der Waals surface area contributed by atoms with Crippen LogP contribution < -0.4 is 14.8 Å². The Balaban J connectivity index is 1.64. The van der Waals surface area contributed by atoms with Crippen LogP contribution in [0.1, 0.15) is 50.1 Å². The van der Waals surface area contributed by atoms with Crippen LogP contribution in [-0.2, 0) is 17.6 Å². The van der Waals surface area contributed by atoms with Gasteiger partial charge < -0.3 is 19.5 Å². The Morgan fingerprint density at radius 1 is 1.06 bits per heavy atom. The molecule has 0 aliphatic heterocycles. The second-order valence-electron chi connectivity index (χ2n) is 8.43. The van der Waals surface area contributed by atoms with Crippen LogP contribution in [-0.4, -0.2) is 39.4 Å². The van der Waals surface area contributed by atoms with E-state index in [0.29, 0.717) is 39.2 Å². The molecule has 1 aromatic heterocycles. The number of nitrogens with one attached hydrogen (secondary N) is 1. The molecule has 1 aliphatic rings. The predicted octanol–water partition coefficient (Wildman–Crippen LogP) is 5.68. The van der Waals surface area contributed by atoms with Crippen LogP contribution in [0.5, 0.6) is 11.5 Å². The number of hydrogen-bond acceptors (Lipinski definition) is 7. The molecule has 0 bridgehead atoms. The summed E-state index contributed by atoms with van der Waals surface area (Å²) in [5.41, 5.74) is 3.56. The number of benzene rings is 2. The number of methoxy groups -OCH3 is 3. The summed E-state index contributed by atoms with van der Waals surface area (Å²) < 4.78 is 15.4. The molecule has 3 aromatic rings. The molecule has 1 heterocycles. The van der Waals surface area contributed by atoms with Gasteiger partial charge in [-0.05, 0) is 78.8 Å². The van der Waals surface area contributed by atoms with Gasteiger partial charge >= 0.3 is 5.97 Å². The number of thiophene rings is 1. The highest BCUT2D eigenvalue weighted by Gasteiger charge is 2.27. The van der Waals surface area contributed by atoms with Gasteiger partial charge in [-0.3, -0.25) is 4.79 Å². The maximum absolute atomic E-state index is 13.4. The van der Waals surface area contributed by atoms with Crippen molar-refractivity contribution in [2.24, 2.45) is 10.9 Å². The number of aliphatic imine (C=N–C) groups is 1. The van der Waals surface area contributed by atoms with E-state index in [4.69, 9.17) is 19.2 Å². The summed E-state index contributed by atoms with van der Waals surface area (Å²) in [6.07, 6.45) is 4.57. The lowest BCUT2D eigenvalue weighted by molar-refractivity contribution is 0.0600. The summed E-state index contributed by atoms with van der Waals surface area (Å²) in [5.74, 6) is 1.20. The number of carbonyl (C=O) groups is 2. The van der Waals surface area contributed by atoms with Gasteiger partial charge in [0.05, 0.1) is 32.5 Å². The molecule has 2 aromatic carbocycles. The fourth-order valence-electron chi connectivity index (χ4n) is 4.13. The largest absolute Gasteiger partial charge is 0.493 e. The van der Waals surface area contributed by atoms with E-state index < -0.39 is 5.97 Å². The van der Waals surface area contributed by atoms with Crippen molar-refractivity contribution in [2.45, 2.75) is 26.2 Å². The Morgan fingerprint density at radius 2 is 1.80 bits per heavy atom. The van der Waals surface area contributed by atoms with E-state index in [9.17, 15) is 9.59 Å². The third-order valence-electron chi connectivity index (χ3n) is 6.02. The van der Waals surface area contributed by atoms with Crippen molar-refractivity contribution in [3.05, 3.63) is 69.6 Å². The van der Waals surface area contributed by atoms with Crippen LogP contribution in [0.15, 0.2) is 47.5 Å². The maximum atomic E-state index is 13.4. The van der Waals surface area contributed by atoms with Gasteiger partial charge in [-0.1, -0.05) is 6.92 Å². The van der Waals surface area contributed by atoms with Gasteiger partial charge in [0.15, 0.2) is 11.5 Å². The number of amides is 1. The lowest BCUT2D eigenvalue weighted by Gasteiger charge is -2.18. The van der Waals surface area contributed by atoms with Gasteiger partial charge in [0.25, 0.3) is 5.91 Å². The molecule has 7 nitrogen and oxygen atoms in total. The van der Waals surface area contributed by atoms with E-state index in [0.717, 1.165) is 30.4 Å². The minimum atomic E-state index is -0.421. The molecular formula is C27H28N2O5S. The first-order chi connectivity index (χ1) is 16.9. The van der Waals surface area contributed by atoms with Gasteiger partial charge in [-0.15, -0.1) is 11.3 Å². The molecule has 0 radical (unpaired) electrons. The van der Waals surface area contributed by atoms with Gasteiger partial charge in [0.2, 0.25) is 0 Å². The standard InChI is InChI=1S/C27H28N2O5S/c1-16-5-11-20-23(13-16)35-26(28-15-17-6-12-21(32-2)22(14-17)33-3)24(20)25(30)29-19-9-7-18(8-10-19)27(31)34-4/h6-10,12,14-16H,5,11,13H2,1-4H3,(H,29,30)/t16-/m0/s1. The van der Waals surface area contributed by atoms with Crippen LogP contribution in [0.3, 0.4) is 0 Å². The Hall–Kier alpha value is -3.65. The molecule has 1 atom stereocenters. The van der Waals surface area contributed by atoms with E-state index in [-0.39, 0.29) is 5.91 Å². The smallest absolute Gasteiger partial charge is 0.337 e. The van der Waals surface area contributed by atoms with Crippen LogP contribution in [0.4, 0.5) is 10.7 Å². The van der Waals surface area contributed by atoms with Gasteiger partial charge in [-0.25, -0.2) is 9.79 Å². The lowest BCUT2D eigenvalue weighted by atomic mass is 9.88. The summed E-state index contributed by atoms with van der Waals surface area (Å²) in [6, 6.07) is 12.2. The molecule has 0 fully saturated rings. The fourth-order valence-corrected chi connectivity index (χ4v) is 5.48. The molecule has 1 N–H and O–H groups in total. The van der Waals surface area contributed by atoms with E-state index >= 15 is 0 Å². The van der Waals surface area contributed by atoms with E-state index in [1.54, 1.807) is 56.0 Å². The lowest BCUT2D eigenvalue weighted by Crippen LogP contribution is -2.16. The number of nitrogens with zero attached hydrogens (tertiary/aromatic N) is 1. The fraction of sp³-hybridized carbons (Fsp3) is 0.296. The summed E-state index contributed by atoms with van der Waals surface area (Å²) in [4.78, 5) is 31.0. The Bertz CT molecular complexity index is 1260. The number of ether oxygens (including phenoxy) is 3. The van der Waals surface area contributed by atoms with Crippen molar-refractivity contribution in [2.75, 3.05) is 26.6 Å². The number of esters is 1. The van der Waals surface area contributed by atoms with Gasteiger partial charge in [0.1, 0.15) is 5.00 Å². The monoisotopic (exact) mass is 492 g/mol. The van der Waals surface area contributed by atoms with Crippen molar-refractivity contribution < 1.29 is 23.8 Å². The zero-order valence-electron chi connectivity index (χ0n) is 20.2. The molecule has 0 unspecified atom stereocenters. The third kappa shape index (κ3) is 5.38. The molecule has 0 saturated heterocycles. The number of anilines is 1. The number of rotatable bonds is 7. The van der Waals surface area contributed by atoms with E-state index in [1.165, 1.54) is 12.0 Å². The normalized spacial score (nSPS) is 14.9. The predicted molar refractivity (Wildman–Crippen MR) is 138 cm³/mol. The molecular weight excluding hydrogens is 464 g/mol. The second-order valence-corrected chi connectivity index (χ2v) is 9.51. The number of hydrogen-bond donors (Lipinski definition) is 1. The van der Waals surface area contributed by atoms with Crippen molar-refractivity contribution in [3.63, 3.8) is 0 Å². The minimum Gasteiger partial charge on any atom is -0.493 e. The first-order valence-electron chi connectivity index (χ1n) is 11.3. The van der Waals surface area contributed by atoms with E-state index in [1.807, 2.05) is 18.2 Å². The molecule has 4 rings (SSSR count). The quantitative estimate of drug-likeness (QED) is 0.339. The minimum absolute atomic E-state index is 0.206. The highest BCUT2D eigenvalue weighted by molar-refractivity contribution is 7.16. The van der Waals surface area contributed by atoms with Crippen molar-refractivity contribution in [1.82, 2.24) is 0 Å². The van der Waals surface area contributed by atoms with Gasteiger partial charge in [0, 0.05) is 16.8 Å². The first-order valence-corrected chi connectivity index (χ1v) is 12.2.